The fourth-order valence-corrected chi connectivity index (χ4v) is 11.3. The second kappa shape index (κ2) is 14.0. The molecule has 0 N–H and O–H groups in total. The van der Waals surface area contributed by atoms with Crippen LogP contribution in [0.25, 0.3) is 131 Å². The maximum atomic E-state index is 5.39. The zero-order chi connectivity index (χ0) is 42.6. The summed E-state index contributed by atoms with van der Waals surface area (Å²) in [5.74, 6) is 0. The van der Waals surface area contributed by atoms with Crippen LogP contribution in [0.1, 0.15) is 0 Å². The van der Waals surface area contributed by atoms with E-state index in [1.807, 2.05) is 53.9 Å². The van der Waals surface area contributed by atoms with Gasteiger partial charge < -0.3 is 9.13 Å². The number of hydrogen-bond acceptors (Lipinski definition) is 5. The highest BCUT2D eigenvalue weighted by atomic mass is 32.1. The Morgan fingerprint density at radius 1 is 0.369 bits per heavy atom. The van der Waals surface area contributed by atoms with E-state index in [1.165, 1.54) is 41.7 Å². The molecule has 14 aromatic rings. The maximum absolute atomic E-state index is 5.39. The lowest BCUT2D eigenvalue weighted by molar-refractivity contribution is 1.17. The van der Waals surface area contributed by atoms with Crippen LogP contribution in [0.2, 0.25) is 0 Å². The van der Waals surface area contributed by atoms with E-state index in [1.54, 1.807) is 0 Å². The number of hydrogen-bond donors (Lipinski definition) is 0. The SMILES string of the molecule is c1cc(-c2nc3ccccc3nc2-c2cccc3c2sc2ccccc23)cc(-n2c3ccccc3c3c4c5ccccc5n(-c5ccc(-c6cnc7ccccc7n6)cc5)c4ccc32)c1. The topological polar surface area (TPSA) is 61.4 Å². The van der Waals surface area contributed by atoms with E-state index in [9.17, 15) is 0 Å². The predicted octanol–water partition coefficient (Wildman–Crippen LogP) is 15.1. The number of fused-ring (bicyclic) bond motifs is 12. The maximum Gasteiger partial charge on any atom is 0.0987 e. The average molecular weight is 847 g/mol. The van der Waals surface area contributed by atoms with Gasteiger partial charge in [0, 0.05) is 69.8 Å². The molecule has 6 nitrogen and oxygen atoms in total. The highest BCUT2D eigenvalue weighted by molar-refractivity contribution is 7.26. The van der Waals surface area contributed by atoms with E-state index in [0.29, 0.717) is 0 Å². The summed E-state index contributed by atoms with van der Waals surface area (Å²) < 4.78 is 7.29. The van der Waals surface area contributed by atoms with Gasteiger partial charge in [0.25, 0.3) is 0 Å². The highest BCUT2D eigenvalue weighted by Crippen LogP contribution is 2.45. The molecule has 0 aliphatic heterocycles. The molecule has 302 valence electrons. The van der Waals surface area contributed by atoms with Crippen LogP contribution in [-0.4, -0.2) is 29.1 Å². The van der Waals surface area contributed by atoms with Gasteiger partial charge in [0.15, 0.2) is 0 Å². The molecule has 0 unspecified atom stereocenters. The molecule has 14 rings (SSSR count). The van der Waals surface area contributed by atoms with Crippen molar-refractivity contribution in [1.82, 2.24) is 29.1 Å². The van der Waals surface area contributed by atoms with Crippen molar-refractivity contribution >= 4 is 97.2 Å². The van der Waals surface area contributed by atoms with Gasteiger partial charge in [0.2, 0.25) is 0 Å². The second-order valence-electron chi connectivity index (χ2n) is 16.6. The van der Waals surface area contributed by atoms with Crippen LogP contribution in [0.4, 0.5) is 0 Å². The number of aromatic nitrogens is 6. The minimum Gasteiger partial charge on any atom is -0.309 e. The second-order valence-corrected chi connectivity index (χ2v) is 17.6. The molecular formula is C58H34N6S. The number of thiophene rings is 1. The van der Waals surface area contributed by atoms with Gasteiger partial charge in [0.1, 0.15) is 0 Å². The van der Waals surface area contributed by atoms with Crippen molar-refractivity contribution in [2.24, 2.45) is 0 Å². The summed E-state index contributed by atoms with van der Waals surface area (Å²) in [5, 5.41) is 7.37. The van der Waals surface area contributed by atoms with Crippen LogP contribution in [-0.2, 0) is 0 Å². The summed E-state index contributed by atoms with van der Waals surface area (Å²) in [6.45, 7) is 0. The van der Waals surface area contributed by atoms with Gasteiger partial charge in [-0.2, -0.15) is 0 Å². The Balaban J connectivity index is 0.957. The molecule has 9 aromatic carbocycles. The largest absolute Gasteiger partial charge is 0.309 e. The third-order valence-electron chi connectivity index (χ3n) is 12.9. The molecule has 0 radical (unpaired) electrons. The number of nitrogens with zero attached hydrogens (tertiary/aromatic N) is 6. The quantitative estimate of drug-likeness (QED) is 0.173. The summed E-state index contributed by atoms with van der Waals surface area (Å²) in [6, 6.07) is 71.1. The molecule has 5 heterocycles. The first-order valence-electron chi connectivity index (χ1n) is 21.8. The molecule has 0 saturated carbocycles. The van der Waals surface area contributed by atoms with E-state index < -0.39 is 0 Å². The Morgan fingerprint density at radius 2 is 0.938 bits per heavy atom. The summed E-state index contributed by atoms with van der Waals surface area (Å²) in [4.78, 5) is 20.4. The first-order chi connectivity index (χ1) is 32.2. The highest BCUT2D eigenvalue weighted by Gasteiger charge is 2.22. The fraction of sp³-hybridized carbons (Fsp3) is 0. The van der Waals surface area contributed by atoms with Crippen molar-refractivity contribution in [1.29, 1.82) is 0 Å². The van der Waals surface area contributed by atoms with Gasteiger partial charge in [0.05, 0.1) is 67.4 Å². The van der Waals surface area contributed by atoms with Gasteiger partial charge in [-0.15, -0.1) is 11.3 Å². The molecule has 0 fully saturated rings. The van der Waals surface area contributed by atoms with Crippen LogP contribution >= 0.6 is 11.3 Å². The Kier molecular flexibility index (Phi) is 7.75. The van der Waals surface area contributed by atoms with Gasteiger partial charge in [-0.3, -0.25) is 4.98 Å². The van der Waals surface area contributed by atoms with E-state index >= 15 is 0 Å². The Morgan fingerprint density at radius 3 is 1.66 bits per heavy atom. The van der Waals surface area contributed by atoms with Crippen molar-refractivity contribution in [2.45, 2.75) is 0 Å². The minimum atomic E-state index is 0.855. The van der Waals surface area contributed by atoms with Crippen molar-refractivity contribution in [2.75, 3.05) is 0 Å². The number of benzene rings is 9. The molecule has 0 amide bonds. The predicted molar refractivity (Wildman–Crippen MR) is 271 cm³/mol. The Hall–Kier alpha value is -8.52. The van der Waals surface area contributed by atoms with E-state index in [0.717, 1.165) is 89.3 Å². The summed E-state index contributed by atoms with van der Waals surface area (Å²) >= 11 is 1.82. The monoisotopic (exact) mass is 846 g/mol. The lowest BCUT2D eigenvalue weighted by Crippen LogP contribution is -1.98. The molecule has 7 heteroatoms. The van der Waals surface area contributed by atoms with Crippen LogP contribution in [0, 0.1) is 0 Å². The fourth-order valence-electron chi connectivity index (χ4n) is 10.1. The minimum absolute atomic E-state index is 0.855. The van der Waals surface area contributed by atoms with Crippen molar-refractivity contribution in [3.63, 3.8) is 0 Å². The average Bonchev–Trinajstić information content (AvgIpc) is 4.04. The Bertz CT molecular complexity index is 4250. The number of para-hydroxylation sites is 6. The van der Waals surface area contributed by atoms with Crippen LogP contribution in [0.3, 0.4) is 0 Å². The summed E-state index contributed by atoms with van der Waals surface area (Å²) in [5.41, 5.74) is 16.0. The molecule has 65 heavy (non-hydrogen) atoms. The van der Waals surface area contributed by atoms with Crippen LogP contribution < -0.4 is 0 Å². The van der Waals surface area contributed by atoms with Gasteiger partial charge >= 0.3 is 0 Å². The van der Waals surface area contributed by atoms with Crippen molar-refractivity contribution < 1.29 is 0 Å². The smallest absolute Gasteiger partial charge is 0.0987 e. The lowest BCUT2D eigenvalue weighted by atomic mass is 10.0. The van der Waals surface area contributed by atoms with E-state index in [4.69, 9.17) is 15.0 Å². The number of rotatable bonds is 5. The first kappa shape index (κ1) is 36.0. The molecule has 0 spiro atoms. The summed E-state index contributed by atoms with van der Waals surface area (Å²) in [7, 11) is 0. The van der Waals surface area contributed by atoms with Crippen LogP contribution in [0.15, 0.2) is 206 Å². The molecule has 0 bridgehead atoms. The van der Waals surface area contributed by atoms with Crippen molar-refractivity contribution in [3.8, 4) is 45.1 Å². The lowest BCUT2D eigenvalue weighted by Gasteiger charge is -2.14. The van der Waals surface area contributed by atoms with E-state index in [-0.39, 0.29) is 0 Å². The van der Waals surface area contributed by atoms with Crippen LogP contribution in [0.5, 0.6) is 0 Å². The van der Waals surface area contributed by atoms with E-state index in [2.05, 4.69) is 178 Å². The molecule has 0 saturated heterocycles. The molecule has 0 aliphatic carbocycles. The van der Waals surface area contributed by atoms with Gasteiger partial charge in [-0.1, -0.05) is 121 Å². The normalized spacial score (nSPS) is 12.0. The molecule has 5 aromatic heterocycles. The summed E-state index contributed by atoms with van der Waals surface area (Å²) in [6.07, 6.45) is 1.86. The Labute approximate surface area is 376 Å². The molecular weight excluding hydrogens is 813 g/mol. The standard InChI is InChI=1S/C58H34N6S/c1-8-24-49-41(16-1)54-51(63(49)37-29-27-35(28-30-37)48-34-59-44-20-4-5-21-45(44)60-48)31-32-52-55(54)42-17-2-9-25-50(42)64(52)38-14-11-13-36(33-38)56-57(62-47-23-7-6-22-46(47)61-56)43-19-12-18-40-39-15-3-10-26-53(39)65-58(40)43/h1-34H. The van der Waals surface area contributed by atoms with Gasteiger partial charge in [-0.05, 0) is 78.9 Å². The van der Waals surface area contributed by atoms with Gasteiger partial charge in [-0.25, -0.2) is 15.0 Å². The first-order valence-corrected chi connectivity index (χ1v) is 22.6. The third-order valence-corrected chi connectivity index (χ3v) is 14.2. The van der Waals surface area contributed by atoms with Crippen molar-refractivity contribution in [3.05, 3.63) is 206 Å². The zero-order valence-corrected chi connectivity index (χ0v) is 35.5. The molecule has 0 aliphatic rings. The zero-order valence-electron chi connectivity index (χ0n) is 34.7. The third kappa shape index (κ3) is 5.46. The molecule has 0 atom stereocenters.